The summed E-state index contributed by atoms with van der Waals surface area (Å²) in [6.45, 7) is 0. The number of halogens is 1. The normalized spacial score (nSPS) is 22.2. The first kappa shape index (κ1) is 9.94. The smallest absolute Gasteiger partial charge is 0.297 e. The van der Waals surface area contributed by atoms with Crippen LogP contribution >= 0.6 is 27.7 Å². The minimum Gasteiger partial charge on any atom is -0.342 e. The summed E-state index contributed by atoms with van der Waals surface area (Å²) in [6, 6.07) is 0.324. The molecule has 0 aromatic carbocycles. The first-order chi connectivity index (χ1) is 5.83. The van der Waals surface area contributed by atoms with E-state index in [2.05, 4.69) is 32.0 Å². The maximum Gasteiger partial charge on any atom is 0.297 e. The molecular weight excluding hydrogens is 238 g/mol. The van der Waals surface area contributed by atoms with Gasteiger partial charge in [-0.25, -0.2) is 0 Å². The summed E-state index contributed by atoms with van der Waals surface area (Å²) in [7, 11) is 0. The van der Waals surface area contributed by atoms with Gasteiger partial charge in [-0.1, -0.05) is 0 Å². The van der Waals surface area contributed by atoms with E-state index in [0.29, 0.717) is 6.04 Å². The fraction of sp³-hybridized carbons (Fsp3) is 0.625. The highest BCUT2D eigenvalue weighted by molar-refractivity contribution is 9.12. The topological polar surface area (TPSA) is 29.1 Å². The molecule has 1 fully saturated rings. The number of carbonyl (C=O) groups excluding carboxylic acids is 1. The maximum atomic E-state index is 11.0. The van der Waals surface area contributed by atoms with Gasteiger partial charge in [0.2, 0.25) is 0 Å². The maximum absolute atomic E-state index is 11.0. The Hall–Kier alpha value is -0.140. The summed E-state index contributed by atoms with van der Waals surface area (Å²) < 4.78 is 0. The number of carbonyl (C=O) groups is 1. The second kappa shape index (κ2) is 5.50. The van der Waals surface area contributed by atoms with Crippen molar-refractivity contribution in [1.82, 2.24) is 5.32 Å². The van der Waals surface area contributed by atoms with Crippen LogP contribution < -0.4 is 5.32 Å². The number of rotatable bonds is 1. The average Bonchev–Trinajstić information content (AvgIpc) is 2.06. The molecular formula is C8H10BrNOS. The van der Waals surface area contributed by atoms with Crippen molar-refractivity contribution in [3.63, 3.8) is 0 Å². The van der Waals surface area contributed by atoms with Gasteiger partial charge < -0.3 is 5.32 Å². The van der Waals surface area contributed by atoms with Gasteiger partial charge in [0.15, 0.2) is 0 Å². The molecule has 0 aliphatic carbocycles. The first-order valence-electron chi connectivity index (χ1n) is 3.83. The standard InChI is InChI=1S/C8H10BrNOS/c9-4-3-8(11)10-7-2-1-5-12-6-7/h7H,1-2,5-6H2,(H,10,11). The Labute approximate surface area is 85.0 Å². The van der Waals surface area contributed by atoms with E-state index in [9.17, 15) is 4.79 Å². The van der Waals surface area contributed by atoms with E-state index in [1.54, 1.807) is 0 Å². The number of thioether (sulfide) groups is 1. The molecule has 1 unspecified atom stereocenters. The van der Waals surface area contributed by atoms with Crippen molar-refractivity contribution in [3.8, 4) is 10.8 Å². The highest BCUT2D eigenvalue weighted by atomic mass is 79.9. The molecule has 1 rings (SSSR count). The van der Waals surface area contributed by atoms with Crippen molar-refractivity contribution in [1.29, 1.82) is 0 Å². The number of hydrogen-bond donors (Lipinski definition) is 1. The molecule has 0 saturated carbocycles. The van der Waals surface area contributed by atoms with E-state index in [-0.39, 0.29) is 5.91 Å². The zero-order valence-electron chi connectivity index (χ0n) is 6.60. The van der Waals surface area contributed by atoms with Crippen LogP contribution in [0, 0.1) is 10.8 Å². The van der Waals surface area contributed by atoms with Gasteiger partial charge in [0.05, 0.1) is 0 Å². The van der Waals surface area contributed by atoms with E-state index in [1.807, 2.05) is 11.8 Å². The van der Waals surface area contributed by atoms with Gasteiger partial charge in [0.25, 0.3) is 5.91 Å². The van der Waals surface area contributed by atoms with Crippen LogP contribution in [0.1, 0.15) is 12.8 Å². The number of nitrogens with one attached hydrogen (secondary N) is 1. The molecule has 2 nitrogen and oxygen atoms in total. The lowest BCUT2D eigenvalue weighted by Crippen LogP contribution is -2.37. The summed E-state index contributed by atoms with van der Waals surface area (Å²) in [6.07, 6.45) is 2.28. The lowest BCUT2D eigenvalue weighted by Gasteiger charge is -2.20. The molecule has 0 radical (unpaired) electrons. The number of hydrogen-bond acceptors (Lipinski definition) is 2. The van der Waals surface area contributed by atoms with E-state index in [1.165, 1.54) is 12.2 Å². The predicted molar refractivity (Wildman–Crippen MR) is 55.2 cm³/mol. The van der Waals surface area contributed by atoms with Crippen molar-refractivity contribution in [2.75, 3.05) is 11.5 Å². The molecule has 1 atom stereocenters. The van der Waals surface area contributed by atoms with Crippen LogP contribution in [0.2, 0.25) is 0 Å². The molecule has 1 saturated heterocycles. The number of amides is 1. The summed E-state index contributed by atoms with van der Waals surface area (Å²) in [4.78, 5) is 13.4. The third kappa shape index (κ3) is 3.51. The van der Waals surface area contributed by atoms with Gasteiger partial charge in [-0.05, 0) is 23.4 Å². The highest BCUT2D eigenvalue weighted by Crippen LogP contribution is 2.16. The molecule has 0 bridgehead atoms. The quantitative estimate of drug-likeness (QED) is 0.710. The highest BCUT2D eigenvalue weighted by Gasteiger charge is 2.14. The van der Waals surface area contributed by atoms with Crippen LogP contribution in [-0.4, -0.2) is 23.5 Å². The summed E-state index contributed by atoms with van der Waals surface area (Å²) in [5.41, 5.74) is 0. The molecule has 66 valence electrons. The Bertz CT molecular complexity index is 215. The van der Waals surface area contributed by atoms with Crippen LogP contribution in [0.4, 0.5) is 0 Å². The van der Waals surface area contributed by atoms with Gasteiger partial charge in [0.1, 0.15) is 0 Å². The Kier molecular flexibility index (Phi) is 4.55. The first-order valence-corrected chi connectivity index (χ1v) is 5.77. The predicted octanol–water partition coefficient (Wildman–Crippen LogP) is 1.35. The van der Waals surface area contributed by atoms with Crippen LogP contribution in [0.3, 0.4) is 0 Å². The molecule has 0 aromatic rings. The van der Waals surface area contributed by atoms with Gasteiger partial charge >= 0.3 is 0 Å². The Morgan fingerprint density at radius 2 is 2.50 bits per heavy atom. The van der Waals surface area contributed by atoms with Crippen molar-refractivity contribution in [2.45, 2.75) is 18.9 Å². The second-order valence-electron chi connectivity index (χ2n) is 2.61. The molecule has 1 amide bonds. The van der Waals surface area contributed by atoms with Crippen molar-refractivity contribution in [3.05, 3.63) is 0 Å². The van der Waals surface area contributed by atoms with Crippen LogP contribution in [0.25, 0.3) is 0 Å². The fourth-order valence-corrected chi connectivity index (χ4v) is 2.37. The monoisotopic (exact) mass is 247 g/mol. The third-order valence-corrected chi connectivity index (χ3v) is 3.07. The third-order valence-electron chi connectivity index (χ3n) is 1.66. The second-order valence-corrected chi connectivity index (χ2v) is 4.15. The Balaban J connectivity index is 2.27. The lowest BCUT2D eigenvalue weighted by molar-refractivity contribution is -0.116. The molecule has 0 aromatic heterocycles. The molecule has 1 aliphatic heterocycles. The molecule has 1 N–H and O–H groups in total. The van der Waals surface area contributed by atoms with Gasteiger partial charge in [-0.2, -0.15) is 11.8 Å². The van der Waals surface area contributed by atoms with E-state index < -0.39 is 0 Å². The Morgan fingerprint density at radius 3 is 3.08 bits per heavy atom. The molecule has 1 aliphatic rings. The van der Waals surface area contributed by atoms with Crippen LogP contribution in [0.5, 0.6) is 0 Å². The Morgan fingerprint density at radius 1 is 1.67 bits per heavy atom. The summed E-state index contributed by atoms with van der Waals surface area (Å²) in [5.74, 6) is 4.46. The minimum atomic E-state index is -0.181. The minimum absolute atomic E-state index is 0.181. The van der Waals surface area contributed by atoms with Crippen molar-refractivity contribution >= 4 is 33.6 Å². The zero-order chi connectivity index (χ0) is 8.81. The molecule has 1 heterocycles. The van der Waals surface area contributed by atoms with Crippen molar-refractivity contribution < 1.29 is 4.79 Å². The van der Waals surface area contributed by atoms with Crippen molar-refractivity contribution in [2.24, 2.45) is 0 Å². The van der Waals surface area contributed by atoms with Crippen LogP contribution in [-0.2, 0) is 4.79 Å². The largest absolute Gasteiger partial charge is 0.342 e. The SMILES string of the molecule is O=C(C#CBr)NC1CCCSC1. The molecule has 0 spiro atoms. The average molecular weight is 248 g/mol. The summed E-state index contributed by atoms with van der Waals surface area (Å²) >= 11 is 4.78. The lowest BCUT2D eigenvalue weighted by atomic mass is 10.2. The van der Waals surface area contributed by atoms with E-state index in [4.69, 9.17) is 0 Å². The fourth-order valence-electron chi connectivity index (χ4n) is 1.12. The van der Waals surface area contributed by atoms with E-state index >= 15 is 0 Å². The van der Waals surface area contributed by atoms with E-state index in [0.717, 1.165) is 12.2 Å². The van der Waals surface area contributed by atoms with Gasteiger partial charge in [0, 0.05) is 33.6 Å². The van der Waals surface area contributed by atoms with Gasteiger partial charge in [-0.3, -0.25) is 4.79 Å². The molecule has 4 heteroatoms. The zero-order valence-corrected chi connectivity index (χ0v) is 9.00. The van der Waals surface area contributed by atoms with Gasteiger partial charge in [-0.15, -0.1) is 0 Å². The summed E-state index contributed by atoms with van der Waals surface area (Å²) in [5, 5.41) is 2.86. The molecule has 12 heavy (non-hydrogen) atoms. The van der Waals surface area contributed by atoms with Crippen LogP contribution in [0.15, 0.2) is 0 Å².